The Morgan fingerprint density at radius 3 is 2.70 bits per heavy atom. The average molecular weight is 138 g/mol. The van der Waals surface area contributed by atoms with Crippen molar-refractivity contribution >= 4 is 5.82 Å². The highest BCUT2D eigenvalue weighted by atomic mass is 15.2. The van der Waals surface area contributed by atoms with Gasteiger partial charge in [-0.25, -0.2) is 0 Å². The van der Waals surface area contributed by atoms with E-state index in [4.69, 9.17) is 11.5 Å². The summed E-state index contributed by atoms with van der Waals surface area (Å²) in [5.41, 5.74) is 12.1. The molecule has 0 aromatic carbocycles. The number of nitrogen functional groups attached to an aromatic ring is 1. The van der Waals surface area contributed by atoms with Crippen molar-refractivity contribution in [2.45, 2.75) is 18.4 Å². The Hall–Kier alpha value is -1.03. The molecule has 4 nitrogen and oxygen atoms in total. The van der Waals surface area contributed by atoms with Crippen LogP contribution in [0.2, 0.25) is 0 Å². The summed E-state index contributed by atoms with van der Waals surface area (Å²) < 4.78 is 0. The number of aromatic amines is 1. The molecule has 1 aliphatic rings. The molecule has 1 fully saturated rings. The zero-order valence-corrected chi connectivity index (χ0v) is 5.59. The van der Waals surface area contributed by atoms with Crippen molar-refractivity contribution < 1.29 is 0 Å². The molecule has 1 aromatic rings. The molecule has 1 saturated carbocycles. The van der Waals surface area contributed by atoms with Crippen LogP contribution < -0.4 is 11.5 Å². The molecule has 1 aliphatic carbocycles. The summed E-state index contributed by atoms with van der Waals surface area (Å²) in [6.07, 6.45) is 2.07. The smallest absolute Gasteiger partial charge is 0.145 e. The van der Waals surface area contributed by atoms with Gasteiger partial charge in [0.05, 0.1) is 11.2 Å². The second-order valence-corrected chi connectivity index (χ2v) is 2.86. The zero-order valence-electron chi connectivity index (χ0n) is 5.59. The fraction of sp³-hybridized carbons (Fsp3) is 0.500. The van der Waals surface area contributed by atoms with Crippen LogP contribution in [-0.4, -0.2) is 10.2 Å². The zero-order chi connectivity index (χ0) is 7.19. The van der Waals surface area contributed by atoms with Crippen LogP contribution >= 0.6 is 0 Å². The number of anilines is 1. The lowest BCUT2D eigenvalue weighted by Crippen LogP contribution is -2.18. The predicted octanol–water partition coefficient (Wildman–Crippen LogP) is -0.0603. The topological polar surface area (TPSA) is 80.7 Å². The number of nitrogens with one attached hydrogen (secondary N) is 1. The third kappa shape index (κ3) is 0.690. The summed E-state index contributed by atoms with van der Waals surface area (Å²) in [5.74, 6) is 0.520. The molecule has 4 heteroatoms. The SMILES string of the molecule is Nc1cc(C2(N)CC2)[nH]n1. The van der Waals surface area contributed by atoms with E-state index in [-0.39, 0.29) is 5.54 Å². The van der Waals surface area contributed by atoms with E-state index in [1.54, 1.807) is 6.07 Å². The molecule has 54 valence electrons. The molecule has 0 atom stereocenters. The Bertz CT molecular complexity index is 248. The van der Waals surface area contributed by atoms with Crippen LogP contribution in [0.15, 0.2) is 6.07 Å². The highest BCUT2D eigenvalue weighted by Crippen LogP contribution is 2.41. The minimum Gasteiger partial charge on any atom is -0.382 e. The van der Waals surface area contributed by atoms with E-state index in [2.05, 4.69) is 10.2 Å². The van der Waals surface area contributed by atoms with Crippen molar-refractivity contribution in [3.63, 3.8) is 0 Å². The van der Waals surface area contributed by atoms with Gasteiger partial charge in [-0.05, 0) is 12.8 Å². The van der Waals surface area contributed by atoms with Gasteiger partial charge in [0.15, 0.2) is 0 Å². The second-order valence-electron chi connectivity index (χ2n) is 2.86. The van der Waals surface area contributed by atoms with Gasteiger partial charge >= 0.3 is 0 Å². The van der Waals surface area contributed by atoms with Crippen LogP contribution in [0.5, 0.6) is 0 Å². The van der Waals surface area contributed by atoms with Crippen molar-refractivity contribution in [1.29, 1.82) is 0 Å². The first-order valence-electron chi connectivity index (χ1n) is 3.31. The normalized spacial score (nSPS) is 20.9. The highest BCUT2D eigenvalue weighted by Gasteiger charge is 2.41. The van der Waals surface area contributed by atoms with E-state index >= 15 is 0 Å². The van der Waals surface area contributed by atoms with Crippen molar-refractivity contribution in [3.8, 4) is 0 Å². The summed E-state index contributed by atoms with van der Waals surface area (Å²) in [6.45, 7) is 0. The van der Waals surface area contributed by atoms with Gasteiger partial charge in [0.1, 0.15) is 5.82 Å². The van der Waals surface area contributed by atoms with Gasteiger partial charge in [-0.1, -0.05) is 0 Å². The Kier molecular flexibility index (Phi) is 0.870. The van der Waals surface area contributed by atoms with Crippen LogP contribution in [-0.2, 0) is 5.54 Å². The molecular formula is C6H10N4. The van der Waals surface area contributed by atoms with Crippen LogP contribution in [0.25, 0.3) is 0 Å². The lowest BCUT2D eigenvalue weighted by molar-refractivity contribution is 0.702. The van der Waals surface area contributed by atoms with Gasteiger partial charge in [0, 0.05) is 6.07 Å². The summed E-state index contributed by atoms with van der Waals surface area (Å²) in [4.78, 5) is 0. The first-order chi connectivity index (χ1) is 4.71. The molecule has 2 rings (SSSR count). The molecule has 0 saturated heterocycles. The number of aromatic nitrogens is 2. The van der Waals surface area contributed by atoms with Gasteiger partial charge in [-0.2, -0.15) is 5.10 Å². The highest BCUT2D eigenvalue weighted by molar-refractivity contribution is 5.34. The number of rotatable bonds is 1. The van der Waals surface area contributed by atoms with Crippen LogP contribution in [0.3, 0.4) is 0 Å². The molecule has 0 aliphatic heterocycles. The Balaban J connectivity index is 2.34. The van der Waals surface area contributed by atoms with Gasteiger partial charge in [0.2, 0.25) is 0 Å². The lowest BCUT2D eigenvalue weighted by atomic mass is 10.2. The maximum Gasteiger partial charge on any atom is 0.145 e. The predicted molar refractivity (Wildman–Crippen MR) is 38.1 cm³/mol. The minimum atomic E-state index is -0.134. The monoisotopic (exact) mass is 138 g/mol. The molecular weight excluding hydrogens is 128 g/mol. The first kappa shape index (κ1) is 5.73. The number of nitrogens with zero attached hydrogens (tertiary/aromatic N) is 1. The standard InChI is InChI=1S/C6H10N4/c7-5-3-4(9-10-5)6(8)1-2-6/h3H,1-2,8H2,(H3,7,9,10). The molecule has 0 unspecified atom stereocenters. The Morgan fingerprint density at radius 1 is 1.60 bits per heavy atom. The number of H-pyrrole nitrogens is 1. The van der Waals surface area contributed by atoms with Crippen LogP contribution in [0.4, 0.5) is 5.82 Å². The van der Waals surface area contributed by atoms with E-state index < -0.39 is 0 Å². The molecule has 0 amide bonds. The molecule has 0 radical (unpaired) electrons. The Morgan fingerprint density at radius 2 is 2.30 bits per heavy atom. The van der Waals surface area contributed by atoms with Gasteiger partial charge < -0.3 is 11.5 Å². The third-order valence-corrected chi connectivity index (χ3v) is 1.92. The largest absolute Gasteiger partial charge is 0.382 e. The summed E-state index contributed by atoms with van der Waals surface area (Å²) >= 11 is 0. The fourth-order valence-electron chi connectivity index (χ4n) is 0.996. The molecule has 1 aromatic heterocycles. The number of hydrogen-bond acceptors (Lipinski definition) is 3. The summed E-state index contributed by atoms with van der Waals surface area (Å²) in [5, 5.41) is 6.60. The number of hydrogen-bond donors (Lipinski definition) is 3. The maximum absolute atomic E-state index is 5.85. The third-order valence-electron chi connectivity index (χ3n) is 1.92. The van der Waals surface area contributed by atoms with Gasteiger partial charge in [-0.3, -0.25) is 5.10 Å². The molecule has 0 spiro atoms. The minimum absolute atomic E-state index is 0.134. The average Bonchev–Trinajstić information content (AvgIpc) is 2.45. The molecule has 0 bridgehead atoms. The summed E-state index contributed by atoms with van der Waals surface area (Å²) in [7, 11) is 0. The van der Waals surface area contributed by atoms with Crippen LogP contribution in [0, 0.1) is 0 Å². The van der Waals surface area contributed by atoms with Crippen molar-refractivity contribution in [1.82, 2.24) is 10.2 Å². The first-order valence-corrected chi connectivity index (χ1v) is 3.31. The van der Waals surface area contributed by atoms with Crippen LogP contribution in [0.1, 0.15) is 18.5 Å². The van der Waals surface area contributed by atoms with Crippen molar-refractivity contribution in [2.24, 2.45) is 5.73 Å². The number of nitrogens with two attached hydrogens (primary N) is 2. The van der Waals surface area contributed by atoms with Crippen molar-refractivity contribution in [3.05, 3.63) is 11.8 Å². The lowest BCUT2D eigenvalue weighted by Gasteiger charge is -2.01. The molecule has 5 N–H and O–H groups in total. The van der Waals surface area contributed by atoms with Gasteiger partial charge in [-0.15, -0.1) is 0 Å². The fourth-order valence-corrected chi connectivity index (χ4v) is 0.996. The van der Waals surface area contributed by atoms with E-state index in [0.717, 1.165) is 18.5 Å². The van der Waals surface area contributed by atoms with E-state index in [9.17, 15) is 0 Å². The Labute approximate surface area is 58.6 Å². The second kappa shape index (κ2) is 1.52. The summed E-state index contributed by atoms with van der Waals surface area (Å²) in [6, 6.07) is 1.80. The van der Waals surface area contributed by atoms with E-state index in [1.165, 1.54) is 0 Å². The van der Waals surface area contributed by atoms with Crippen molar-refractivity contribution in [2.75, 3.05) is 5.73 Å². The van der Waals surface area contributed by atoms with E-state index in [0.29, 0.717) is 5.82 Å². The van der Waals surface area contributed by atoms with Gasteiger partial charge in [0.25, 0.3) is 0 Å². The maximum atomic E-state index is 5.85. The van der Waals surface area contributed by atoms with E-state index in [1.807, 2.05) is 0 Å². The quantitative estimate of drug-likeness (QED) is 0.508. The molecule has 10 heavy (non-hydrogen) atoms. The molecule has 1 heterocycles.